The Morgan fingerprint density at radius 2 is 2.17 bits per heavy atom. The molecule has 96 valence electrons. The van der Waals surface area contributed by atoms with Crippen molar-refractivity contribution < 1.29 is 0 Å². The summed E-state index contributed by atoms with van der Waals surface area (Å²) in [5.41, 5.74) is 2.18. The lowest BCUT2D eigenvalue weighted by molar-refractivity contribution is 0.218. The summed E-state index contributed by atoms with van der Waals surface area (Å²) in [6.07, 6.45) is 7.55. The van der Waals surface area contributed by atoms with Crippen LogP contribution in [0.1, 0.15) is 18.5 Å². The summed E-state index contributed by atoms with van der Waals surface area (Å²) >= 11 is 0. The Morgan fingerprint density at radius 1 is 1.39 bits per heavy atom. The minimum Gasteiger partial charge on any atom is -0.343 e. The van der Waals surface area contributed by atoms with E-state index in [0.717, 1.165) is 18.0 Å². The first-order chi connectivity index (χ1) is 8.70. The summed E-state index contributed by atoms with van der Waals surface area (Å²) < 4.78 is 1.99. The molecule has 0 unspecified atom stereocenters. The van der Waals surface area contributed by atoms with E-state index in [1.54, 1.807) is 12.1 Å². The molecule has 1 aliphatic rings. The lowest BCUT2D eigenvalue weighted by atomic mass is 9.93. The van der Waals surface area contributed by atoms with Gasteiger partial charge in [-0.25, -0.2) is 0 Å². The Morgan fingerprint density at radius 3 is 2.94 bits per heavy atom. The topological polar surface area (TPSA) is 40.5 Å². The van der Waals surface area contributed by atoms with Crippen molar-refractivity contribution in [1.29, 1.82) is 0 Å². The smallest absolute Gasteiger partial charge is 0.183 e. The molecule has 0 bridgehead atoms. The van der Waals surface area contributed by atoms with Crippen molar-refractivity contribution in [3.63, 3.8) is 0 Å². The van der Waals surface area contributed by atoms with Gasteiger partial charge in [-0.2, -0.15) is 0 Å². The van der Waals surface area contributed by atoms with Crippen molar-refractivity contribution >= 4 is 5.65 Å². The Bertz CT molecular complexity index is 590. The van der Waals surface area contributed by atoms with E-state index in [2.05, 4.69) is 23.1 Å². The highest BCUT2D eigenvalue weighted by molar-refractivity contribution is 5.39. The third-order valence-corrected chi connectivity index (χ3v) is 3.89. The number of H-pyrrole nitrogens is 1. The van der Waals surface area contributed by atoms with Gasteiger partial charge >= 0.3 is 0 Å². The maximum Gasteiger partial charge on any atom is 0.183 e. The second-order valence-corrected chi connectivity index (χ2v) is 5.39. The van der Waals surface area contributed by atoms with Crippen molar-refractivity contribution in [3.05, 3.63) is 40.4 Å². The van der Waals surface area contributed by atoms with Crippen LogP contribution in [0.25, 0.3) is 5.65 Å². The Hall–Kier alpha value is -1.55. The van der Waals surface area contributed by atoms with E-state index in [1.165, 1.54) is 31.6 Å². The number of imidazole rings is 1. The fourth-order valence-electron chi connectivity index (χ4n) is 2.75. The normalized spacial score (nSPS) is 18.5. The van der Waals surface area contributed by atoms with Crippen LogP contribution >= 0.6 is 0 Å². The van der Waals surface area contributed by atoms with Crippen LogP contribution in [0, 0.1) is 5.92 Å². The van der Waals surface area contributed by atoms with E-state index in [4.69, 9.17) is 0 Å². The fraction of sp³-hybridized carbons (Fsp3) is 0.500. The number of rotatable bonds is 2. The highest BCUT2D eigenvalue weighted by Gasteiger charge is 2.17. The zero-order valence-corrected chi connectivity index (χ0v) is 10.7. The zero-order valence-electron chi connectivity index (χ0n) is 10.7. The number of nitrogens with one attached hydrogen (secondary N) is 1. The van der Waals surface area contributed by atoms with Crippen molar-refractivity contribution in [2.45, 2.75) is 19.3 Å². The molecule has 0 amide bonds. The highest BCUT2D eigenvalue weighted by atomic mass is 16.1. The third-order valence-electron chi connectivity index (χ3n) is 3.89. The molecule has 3 heterocycles. The molecule has 1 N–H and O–H groups in total. The standard InChI is InChI=1S/C14H19N3O/c1-16-5-2-11(3-6-16)8-12-10-17-7-4-13(18)9-14(17)15-12/h4,7,9-11,15H,2-3,5-6,8H2,1H3. The molecular formula is C14H19N3O. The fourth-order valence-corrected chi connectivity index (χ4v) is 2.75. The average molecular weight is 245 g/mol. The minimum absolute atomic E-state index is 0.0580. The van der Waals surface area contributed by atoms with Crippen LogP contribution in [0.2, 0.25) is 0 Å². The van der Waals surface area contributed by atoms with Gasteiger partial charge in [-0.3, -0.25) is 4.79 Å². The number of hydrogen-bond donors (Lipinski definition) is 1. The number of aromatic amines is 1. The first kappa shape index (κ1) is 11.5. The third kappa shape index (κ3) is 2.34. The molecule has 2 aromatic heterocycles. The molecule has 0 spiro atoms. The van der Waals surface area contributed by atoms with Gasteiger partial charge in [-0.15, -0.1) is 0 Å². The molecular weight excluding hydrogens is 226 g/mol. The maximum atomic E-state index is 11.3. The minimum atomic E-state index is 0.0580. The second kappa shape index (κ2) is 4.61. The Balaban J connectivity index is 1.76. The number of pyridine rings is 1. The van der Waals surface area contributed by atoms with Crippen LogP contribution in [0.3, 0.4) is 0 Å². The van der Waals surface area contributed by atoms with E-state index in [-0.39, 0.29) is 5.43 Å². The molecule has 0 saturated carbocycles. The first-order valence-corrected chi connectivity index (χ1v) is 6.59. The van der Waals surface area contributed by atoms with Gasteiger partial charge in [-0.05, 0) is 45.3 Å². The lowest BCUT2D eigenvalue weighted by Crippen LogP contribution is -2.30. The van der Waals surface area contributed by atoms with Gasteiger partial charge in [0.15, 0.2) is 5.43 Å². The summed E-state index contributed by atoms with van der Waals surface area (Å²) in [5, 5.41) is 0. The molecule has 2 aromatic rings. The molecule has 18 heavy (non-hydrogen) atoms. The van der Waals surface area contributed by atoms with E-state index in [1.807, 2.05) is 10.6 Å². The number of fused-ring (bicyclic) bond motifs is 1. The number of nitrogens with zero attached hydrogens (tertiary/aromatic N) is 2. The molecule has 4 heteroatoms. The molecule has 1 fully saturated rings. The zero-order chi connectivity index (χ0) is 12.5. The van der Waals surface area contributed by atoms with Crippen LogP contribution in [0.4, 0.5) is 0 Å². The van der Waals surface area contributed by atoms with Gasteiger partial charge in [0.25, 0.3) is 0 Å². The van der Waals surface area contributed by atoms with Crippen molar-refractivity contribution in [1.82, 2.24) is 14.3 Å². The van der Waals surface area contributed by atoms with Gasteiger partial charge in [-0.1, -0.05) is 0 Å². The predicted octanol–water partition coefficient (Wildman–Crippen LogP) is 1.51. The predicted molar refractivity (Wildman–Crippen MR) is 71.9 cm³/mol. The van der Waals surface area contributed by atoms with Gasteiger partial charge in [0.05, 0.1) is 0 Å². The monoisotopic (exact) mass is 245 g/mol. The molecule has 0 atom stereocenters. The van der Waals surface area contributed by atoms with E-state index in [9.17, 15) is 4.79 Å². The van der Waals surface area contributed by atoms with Crippen molar-refractivity contribution in [2.24, 2.45) is 5.92 Å². The van der Waals surface area contributed by atoms with Crippen LogP contribution in [-0.4, -0.2) is 34.4 Å². The molecule has 1 aliphatic heterocycles. The van der Waals surface area contributed by atoms with Crippen molar-refractivity contribution in [3.8, 4) is 0 Å². The Labute approximate surface area is 106 Å². The van der Waals surface area contributed by atoms with Gasteiger partial charge in [0.1, 0.15) is 5.65 Å². The second-order valence-electron chi connectivity index (χ2n) is 5.39. The van der Waals surface area contributed by atoms with Crippen LogP contribution in [0.5, 0.6) is 0 Å². The molecule has 0 aliphatic carbocycles. The van der Waals surface area contributed by atoms with E-state index in [0.29, 0.717) is 0 Å². The average Bonchev–Trinajstić information content (AvgIpc) is 2.73. The van der Waals surface area contributed by atoms with Gasteiger partial charge < -0.3 is 14.3 Å². The van der Waals surface area contributed by atoms with Gasteiger partial charge in [0, 0.05) is 30.2 Å². The Kier molecular flexibility index (Phi) is 2.96. The number of piperidine rings is 1. The largest absolute Gasteiger partial charge is 0.343 e. The number of hydrogen-bond acceptors (Lipinski definition) is 2. The van der Waals surface area contributed by atoms with Crippen molar-refractivity contribution in [2.75, 3.05) is 20.1 Å². The summed E-state index contributed by atoms with van der Waals surface area (Å²) in [6, 6.07) is 3.25. The van der Waals surface area contributed by atoms with Crippen LogP contribution in [0.15, 0.2) is 29.3 Å². The molecule has 1 saturated heterocycles. The molecule has 0 aromatic carbocycles. The quantitative estimate of drug-likeness (QED) is 0.871. The number of aromatic nitrogens is 2. The maximum absolute atomic E-state index is 11.3. The summed E-state index contributed by atoms with van der Waals surface area (Å²) in [5.74, 6) is 0.765. The summed E-state index contributed by atoms with van der Waals surface area (Å²) in [4.78, 5) is 17.0. The highest BCUT2D eigenvalue weighted by Crippen LogP contribution is 2.20. The van der Waals surface area contributed by atoms with E-state index >= 15 is 0 Å². The molecule has 3 rings (SSSR count). The summed E-state index contributed by atoms with van der Waals surface area (Å²) in [7, 11) is 2.19. The van der Waals surface area contributed by atoms with E-state index < -0.39 is 0 Å². The van der Waals surface area contributed by atoms with Gasteiger partial charge in [0.2, 0.25) is 0 Å². The summed E-state index contributed by atoms with van der Waals surface area (Å²) in [6.45, 7) is 2.39. The van der Waals surface area contributed by atoms with Crippen LogP contribution in [-0.2, 0) is 6.42 Å². The SMILES string of the molecule is CN1CCC(Cc2cn3ccc(=O)cc3[nH]2)CC1. The first-order valence-electron chi connectivity index (χ1n) is 6.59. The molecule has 0 radical (unpaired) electrons. The molecule has 4 nitrogen and oxygen atoms in total. The number of likely N-dealkylation sites (tertiary alicyclic amines) is 1. The lowest BCUT2D eigenvalue weighted by Gasteiger charge is -2.28. The van der Waals surface area contributed by atoms with Crippen LogP contribution < -0.4 is 5.43 Å².